The zero-order valence-corrected chi connectivity index (χ0v) is 18.5. The average Bonchev–Trinajstić information content (AvgIpc) is 3.02. The van der Waals surface area contributed by atoms with Gasteiger partial charge in [0.15, 0.2) is 0 Å². The van der Waals surface area contributed by atoms with E-state index >= 15 is 0 Å². The summed E-state index contributed by atoms with van der Waals surface area (Å²) >= 11 is 0. The highest BCUT2D eigenvalue weighted by Gasteiger charge is 2.27. The number of benzene rings is 1. The van der Waals surface area contributed by atoms with Gasteiger partial charge in [0.1, 0.15) is 5.82 Å². The van der Waals surface area contributed by atoms with E-state index in [-0.39, 0.29) is 11.3 Å². The number of nitrogens with zero attached hydrogens (tertiary/aromatic N) is 4. The Morgan fingerprint density at radius 2 is 1.93 bits per heavy atom. The molecule has 0 aliphatic carbocycles. The quantitative estimate of drug-likeness (QED) is 0.772. The molecular formula is C23H36N4O. The monoisotopic (exact) mass is 384 g/mol. The van der Waals surface area contributed by atoms with Crippen molar-refractivity contribution in [2.45, 2.75) is 71.9 Å². The minimum Gasteiger partial charge on any atom is -0.339 e. The molecule has 1 aromatic heterocycles. The Hall–Kier alpha value is -1.88. The molecule has 0 spiro atoms. The standard InChI is InChI=1S/C23H36N4O/c1-7-26(8-2)21(28)17-12-13-20-19(15-17)24-22(23(3,4)5)27(20)16-18-11-9-10-14-25(18)6/h12-13,15,18H,7-11,14,16H2,1-6H3. The summed E-state index contributed by atoms with van der Waals surface area (Å²) < 4.78 is 2.40. The van der Waals surface area contributed by atoms with Crippen molar-refractivity contribution >= 4 is 16.9 Å². The highest BCUT2D eigenvalue weighted by atomic mass is 16.2. The number of piperidine rings is 1. The van der Waals surface area contributed by atoms with Crippen LogP contribution in [0, 0.1) is 0 Å². The van der Waals surface area contributed by atoms with Crippen LogP contribution < -0.4 is 0 Å². The average molecular weight is 385 g/mol. The lowest BCUT2D eigenvalue weighted by molar-refractivity contribution is 0.0773. The first-order valence-corrected chi connectivity index (χ1v) is 10.8. The van der Waals surface area contributed by atoms with Gasteiger partial charge in [-0.25, -0.2) is 4.98 Å². The summed E-state index contributed by atoms with van der Waals surface area (Å²) in [7, 11) is 2.24. The molecule has 0 bridgehead atoms. The lowest BCUT2D eigenvalue weighted by Crippen LogP contribution is -2.40. The number of hydrogen-bond donors (Lipinski definition) is 0. The molecule has 3 rings (SSSR count). The molecule has 1 aliphatic heterocycles. The van der Waals surface area contributed by atoms with E-state index in [0.717, 1.165) is 42.1 Å². The molecule has 1 aliphatic rings. The van der Waals surface area contributed by atoms with E-state index in [2.05, 4.69) is 43.4 Å². The fourth-order valence-corrected chi connectivity index (χ4v) is 4.30. The Bertz CT molecular complexity index is 829. The van der Waals surface area contributed by atoms with Crippen LogP contribution >= 0.6 is 0 Å². The fraction of sp³-hybridized carbons (Fsp3) is 0.652. The predicted octanol–water partition coefficient (Wildman–Crippen LogP) is 4.30. The molecule has 1 atom stereocenters. The number of fused-ring (bicyclic) bond motifs is 1. The van der Waals surface area contributed by atoms with Gasteiger partial charge in [0, 0.05) is 36.7 Å². The first-order chi connectivity index (χ1) is 13.3. The summed E-state index contributed by atoms with van der Waals surface area (Å²) in [6.07, 6.45) is 3.83. The molecular weight excluding hydrogens is 348 g/mol. The van der Waals surface area contributed by atoms with E-state index in [1.165, 1.54) is 25.8 Å². The largest absolute Gasteiger partial charge is 0.339 e. The Balaban J connectivity index is 2.02. The maximum absolute atomic E-state index is 12.8. The van der Waals surface area contributed by atoms with E-state index in [0.29, 0.717) is 6.04 Å². The summed E-state index contributed by atoms with van der Waals surface area (Å²) in [4.78, 5) is 22.1. The molecule has 0 saturated carbocycles. The Kier molecular flexibility index (Phi) is 6.13. The van der Waals surface area contributed by atoms with Crippen LogP contribution in [0.1, 0.15) is 70.1 Å². The molecule has 28 heavy (non-hydrogen) atoms. The van der Waals surface area contributed by atoms with Crippen molar-refractivity contribution in [2.24, 2.45) is 0 Å². The third-order valence-electron chi connectivity index (χ3n) is 6.03. The summed E-state index contributed by atoms with van der Waals surface area (Å²) in [6, 6.07) is 6.59. The Morgan fingerprint density at radius 1 is 1.21 bits per heavy atom. The fourth-order valence-electron chi connectivity index (χ4n) is 4.30. The number of likely N-dealkylation sites (N-methyl/N-ethyl adjacent to an activating group) is 1. The van der Waals surface area contributed by atoms with Crippen LogP contribution in [0.2, 0.25) is 0 Å². The maximum Gasteiger partial charge on any atom is 0.253 e. The van der Waals surface area contributed by atoms with Gasteiger partial charge < -0.3 is 14.4 Å². The highest BCUT2D eigenvalue weighted by molar-refractivity contribution is 5.97. The van der Waals surface area contributed by atoms with Gasteiger partial charge in [-0.15, -0.1) is 0 Å². The van der Waals surface area contributed by atoms with Gasteiger partial charge in [-0.2, -0.15) is 0 Å². The number of carbonyl (C=O) groups excluding carboxylic acids is 1. The number of amides is 1. The van der Waals surface area contributed by atoms with Gasteiger partial charge in [0.25, 0.3) is 5.91 Å². The van der Waals surface area contributed by atoms with Crippen molar-refractivity contribution in [3.63, 3.8) is 0 Å². The van der Waals surface area contributed by atoms with Gasteiger partial charge in [-0.1, -0.05) is 27.2 Å². The van der Waals surface area contributed by atoms with Crippen LogP contribution in [0.4, 0.5) is 0 Å². The third kappa shape index (κ3) is 4.09. The lowest BCUT2D eigenvalue weighted by Gasteiger charge is -2.34. The van der Waals surface area contributed by atoms with Gasteiger partial charge in [-0.05, 0) is 58.5 Å². The van der Waals surface area contributed by atoms with Crippen LogP contribution in [-0.2, 0) is 12.0 Å². The number of likely N-dealkylation sites (tertiary alicyclic amines) is 1. The van der Waals surface area contributed by atoms with E-state index in [4.69, 9.17) is 4.98 Å². The molecule has 0 N–H and O–H groups in total. The van der Waals surface area contributed by atoms with Crippen LogP contribution in [0.15, 0.2) is 18.2 Å². The van der Waals surface area contributed by atoms with E-state index in [1.807, 2.05) is 30.9 Å². The highest BCUT2D eigenvalue weighted by Crippen LogP contribution is 2.29. The number of carbonyl (C=O) groups is 1. The van der Waals surface area contributed by atoms with Crippen LogP contribution in [0.3, 0.4) is 0 Å². The molecule has 1 saturated heterocycles. The molecule has 1 unspecified atom stereocenters. The molecule has 5 heteroatoms. The molecule has 2 heterocycles. The normalized spacial score (nSPS) is 18.6. The third-order valence-corrected chi connectivity index (χ3v) is 6.03. The first-order valence-electron chi connectivity index (χ1n) is 10.8. The molecule has 154 valence electrons. The molecule has 0 radical (unpaired) electrons. The Labute approximate surface area is 169 Å². The molecule has 1 amide bonds. The maximum atomic E-state index is 12.8. The number of hydrogen-bond acceptors (Lipinski definition) is 3. The van der Waals surface area contributed by atoms with Crippen molar-refractivity contribution in [2.75, 3.05) is 26.7 Å². The van der Waals surface area contributed by atoms with Crippen LogP contribution in [0.5, 0.6) is 0 Å². The second-order valence-corrected chi connectivity index (χ2v) is 9.11. The summed E-state index contributed by atoms with van der Waals surface area (Å²) in [5.74, 6) is 1.19. The van der Waals surface area contributed by atoms with Crippen molar-refractivity contribution < 1.29 is 4.79 Å². The second kappa shape index (κ2) is 8.24. The minimum absolute atomic E-state index is 0.0463. The topological polar surface area (TPSA) is 41.4 Å². The van der Waals surface area contributed by atoms with Gasteiger partial charge in [0.05, 0.1) is 11.0 Å². The SMILES string of the molecule is CCN(CC)C(=O)c1ccc2c(c1)nc(C(C)(C)C)n2CC1CCCCN1C. The Morgan fingerprint density at radius 3 is 2.54 bits per heavy atom. The zero-order chi connectivity index (χ0) is 20.5. The van der Waals surface area contributed by atoms with E-state index in [1.54, 1.807) is 0 Å². The van der Waals surface area contributed by atoms with Gasteiger partial charge in [0.2, 0.25) is 0 Å². The smallest absolute Gasteiger partial charge is 0.253 e. The number of aromatic nitrogens is 2. The van der Waals surface area contributed by atoms with Gasteiger partial charge >= 0.3 is 0 Å². The predicted molar refractivity (Wildman–Crippen MR) is 116 cm³/mol. The van der Waals surface area contributed by atoms with Gasteiger partial charge in [-0.3, -0.25) is 4.79 Å². The van der Waals surface area contributed by atoms with Crippen molar-refractivity contribution in [3.05, 3.63) is 29.6 Å². The molecule has 5 nitrogen and oxygen atoms in total. The number of imidazole rings is 1. The van der Waals surface area contributed by atoms with Crippen molar-refractivity contribution in [1.82, 2.24) is 19.4 Å². The van der Waals surface area contributed by atoms with Crippen molar-refractivity contribution in [1.29, 1.82) is 0 Å². The van der Waals surface area contributed by atoms with Crippen LogP contribution in [-0.4, -0.2) is 58.0 Å². The lowest BCUT2D eigenvalue weighted by atomic mass is 9.95. The molecule has 1 fully saturated rings. The van der Waals surface area contributed by atoms with E-state index in [9.17, 15) is 4.79 Å². The minimum atomic E-state index is -0.0463. The first kappa shape index (κ1) is 20.8. The zero-order valence-electron chi connectivity index (χ0n) is 18.5. The molecule has 2 aromatic rings. The van der Waals surface area contributed by atoms with E-state index < -0.39 is 0 Å². The summed E-state index contributed by atoms with van der Waals surface area (Å²) in [6.45, 7) is 14.3. The second-order valence-electron chi connectivity index (χ2n) is 9.11. The van der Waals surface area contributed by atoms with Crippen molar-refractivity contribution in [3.8, 4) is 0 Å². The molecule has 1 aromatic carbocycles. The summed E-state index contributed by atoms with van der Waals surface area (Å²) in [5.41, 5.74) is 2.76. The van der Waals surface area contributed by atoms with Crippen LogP contribution in [0.25, 0.3) is 11.0 Å². The summed E-state index contributed by atoms with van der Waals surface area (Å²) in [5, 5.41) is 0. The number of rotatable bonds is 5.